The Hall–Kier alpha value is -2.30. The van der Waals surface area contributed by atoms with Gasteiger partial charge in [-0.2, -0.15) is 4.98 Å². The molecule has 0 radical (unpaired) electrons. The lowest BCUT2D eigenvalue weighted by Gasteiger charge is -2.08. The summed E-state index contributed by atoms with van der Waals surface area (Å²) in [6.45, 7) is 3.26. The smallest absolute Gasteiger partial charge is 0.221 e. The summed E-state index contributed by atoms with van der Waals surface area (Å²) >= 11 is 0. The minimum Gasteiger partial charge on any atom is -0.492 e. The van der Waals surface area contributed by atoms with Gasteiger partial charge in [0, 0.05) is 6.20 Å². The highest BCUT2D eigenvalue weighted by Gasteiger charge is 1.96. The van der Waals surface area contributed by atoms with E-state index in [1.54, 1.807) is 12.3 Å². The molecular weight excluding hydrogens is 228 g/mol. The van der Waals surface area contributed by atoms with Gasteiger partial charge in [0.05, 0.1) is 6.54 Å². The molecule has 0 aliphatic heterocycles. The molecule has 1 aromatic carbocycles. The number of anilines is 2. The fourth-order valence-electron chi connectivity index (χ4n) is 1.53. The SMILES string of the molecule is Cc1cccc(OCCNc2ccnc(N)n2)c1. The van der Waals surface area contributed by atoms with Gasteiger partial charge < -0.3 is 15.8 Å². The Kier molecular flexibility index (Phi) is 3.96. The first kappa shape index (κ1) is 12.2. The zero-order chi connectivity index (χ0) is 12.8. The third-order valence-corrected chi connectivity index (χ3v) is 2.34. The summed E-state index contributed by atoms with van der Waals surface area (Å²) in [5.74, 6) is 1.84. The first-order chi connectivity index (χ1) is 8.74. The van der Waals surface area contributed by atoms with Crippen molar-refractivity contribution in [2.75, 3.05) is 24.2 Å². The van der Waals surface area contributed by atoms with Crippen molar-refractivity contribution in [1.29, 1.82) is 0 Å². The average Bonchev–Trinajstić information content (AvgIpc) is 2.35. The molecule has 18 heavy (non-hydrogen) atoms. The quantitative estimate of drug-likeness (QED) is 0.785. The van der Waals surface area contributed by atoms with Crippen molar-refractivity contribution in [2.24, 2.45) is 0 Å². The lowest BCUT2D eigenvalue weighted by molar-refractivity contribution is 0.332. The maximum atomic E-state index is 5.60. The molecule has 0 spiro atoms. The molecule has 0 saturated carbocycles. The van der Waals surface area contributed by atoms with Crippen LogP contribution in [0.15, 0.2) is 36.5 Å². The first-order valence-corrected chi connectivity index (χ1v) is 5.76. The van der Waals surface area contributed by atoms with E-state index in [0.29, 0.717) is 19.0 Å². The normalized spacial score (nSPS) is 10.1. The van der Waals surface area contributed by atoms with E-state index < -0.39 is 0 Å². The van der Waals surface area contributed by atoms with E-state index in [9.17, 15) is 0 Å². The van der Waals surface area contributed by atoms with Crippen LogP contribution in [-0.2, 0) is 0 Å². The van der Waals surface area contributed by atoms with E-state index in [-0.39, 0.29) is 5.95 Å². The predicted octanol–water partition coefficient (Wildman–Crippen LogP) is 1.86. The van der Waals surface area contributed by atoms with E-state index in [2.05, 4.69) is 15.3 Å². The fraction of sp³-hybridized carbons (Fsp3) is 0.231. The molecule has 0 aliphatic rings. The van der Waals surface area contributed by atoms with Crippen LogP contribution in [0.4, 0.5) is 11.8 Å². The first-order valence-electron chi connectivity index (χ1n) is 5.76. The van der Waals surface area contributed by atoms with Gasteiger partial charge in [-0.1, -0.05) is 12.1 Å². The second-order valence-corrected chi connectivity index (χ2v) is 3.89. The minimum absolute atomic E-state index is 0.264. The second kappa shape index (κ2) is 5.86. The van der Waals surface area contributed by atoms with Crippen LogP contribution in [-0.4, -0.2) is 23.1 Å². The predicted molar refractivity (Wildman–Crippen MR) is 71.6 cm³/mol. The van der Waals surface area contributed by atoms with Gasteiger partial charge in [0.1, 0.15) is 18.2 Å². The number of nitrogens with two attached hydrogens (primary N) is 1. The highest BCUT2D eigenvalue weighted by molar-refractivity contribution is 5.37. The molecule has 1 heterocycles. The number of rotatable bonds is 5. The van der Waals surface area contributed by atoms with Gasteiger partial charge in [0.15, 0.2) is 0 Å². The van der Waals surface area contributed by atoms with Crippen LogP contribution in [0, 0.1) is 6.92 Å². The average molecular weight is 244 g/mol. The van der Waals surface area contributed by atoms with Crippen molar-refractivity contribution in [3.8, 4) is 5.75 Å². The zero-order valence-corrected chi connectivity index (χ0v) is 10.3. The number of benzene rings is 1. The monoisotopic (exact) mass is 244 g/mol. The molecule has 3 N–H and O–H groups in total. The van der Waals surface area contributed by atoms with Crippen molar-refractivity contribution in [3.63, 3.8) is 0 Å². The Labute approximate surface area is 106 Å². The van der Waals surface area contributed by atoms with Crippen molar-refractivity contribution >= 4 is 11.8 Å². The third kappa shape index (κ3) is 3.62. The third-order valence-electron chi connectivity index (χ3n) is 2.34. The Morgan fingerprint density at radius 2 is 2.22 bits per heavy atom. The Morgan fingerprint density at radius 3 is 3.00 bits per heavy atom. The molecule has 0 amide bonds. The van der Waals surface area contributed by atoms with Crippen LogP contribution in [0.5, 0.6) is 5.75 Å². The number of nitrogens with one attached hydrogen (secondary N) is 1. The maximum absolute atomic E-state index is 5.60. The molecule has 5 nitrogen and oxygen atoms in total. The van der Waals surface area contributed by atoms with Crippen LogP contribution in [0.2, 0.25) is 0 Å². The van der Waals surface area contributed by atoms with Crippen LogP contribution in [0.1, 0.15) is 5.56 Å². The molecule has 94 valence electrons. The van der Waals surface area contributed by atoms with Gasteiger partial charge in [-0.25, -0.2) is 4.98 Å². The van der Waals surface area contributed by atoms with E-state index in [4.69, 9.17) is 10.5 Å². The molecular formula is C13H16N4O. The highest BCUT2D eigenvalue weighted by Crippen LogP contribution is 2.12. The van der Waals surface area contributed by atoms with Gasteiger partial charge in [0.25, 0.3) is 0 Å². The fourth-order valence-corrected chi connectivity index (χ4v) is 1.53. The standard InChI is InChI=1S/C13H16N4O/c1-10-3-2-4-11(9-10)18-8-7-15-12-5-6-16-13(14)17-12/h2-6,9H,7-8H2,1H3,(H3,14,15,16,17). The second-order valence-electron chi connectivity index (χ2n) is 3.89. The minimum atomic E-state index is 0.264. The molecule has 0 atom stereocenters. The van der Waals surface area contributed by atoms with Crippen LogP contribution < -0.4 is 15.8 Å². The molecule has 0 fully saturated rings. The number of ether oxygens (including phenoxy) is 1. The summed E-state index contributed by atoms with van der Waals surface area (Å²) in [7, 11) is 0. The van der Waals surface area contributed by atoms with Crippen LogP contribution >= 0.6 is 0 Å². The Bertz CT molecular complexity index is 468. The van der Waals surface area contributed by atoms with Gasteiger partial charge in [-0.15, -0.1) is 0 Å². The van der Waals surface area contributed by atoms with Crippen molar-refractivity contribution < 1.29 is 4.74 Å². The number of hydrogen-bond acceptors (Lipinski definition) is 5. The van der Waals surface area contributed by atoms with Crippen LogP contribution in [0.3, 0.4) is 0 Å². The van der Waals surface area contributed by atoms with E-state index >= 15 is 0 Å². The summed E-state index contributed by atoms with van der Waals surface area (Å²) in [6.07, 6.45) is 1.62. The molecule has 0 saturated heterocycles. The van der Waals surface area contributed by atoms with Gasteiger partial charge in [-0.3, -0.25) is 0 Å². The zero-order valence-electron chi connectivity index (χ0n) is 10.3. The van der Waals surface area contributed by atoms with Crippen LogP contribution in [0.25, 0.3) is 0 Å². The molecule has 0 unspecified atom stereocenters. The number of hydrogen-bond donors (Lipinski definition) is 2. The molecule has 2 rings (SSSR count). The van der Waals surface area contributed by atoms with Gasteiger partial charge >= 0.3 is 0 Å². The summed E-state index contributed by atoms with van der Waals surface area (Å²) in [6, 6.07) is 9.72. The number of aromatic nitrogens is 2. The van der Waals surface area contributed by atoms with Crippen molar-refractivity contribution in [3.05, 3.63) is 42.1 Å². The van der Waals surface area contributed by atoms with Crippen molar-refractivity contribution in [2.45, 2.75) is 6.92 Å². The largest absolute Gasteiger partial charge is 0.492 e. The topological polar surface area (TPSA) is 73.1 Å². The molecule has 5 heteroatoms. The summed E-state index contributed by atoms with van der Waals surface area (Å²) in [5.41, 5.74) is 6.66. The Balaban J connectivity index is 1.76. The summed E-state index contributed by atoms with van der Waals surface area (Å²) in [5, 5.41) is 3.11. The van der Waals surface area contributed by atoms with E-state index in [1.165, 1.54) is 5.56 Å². The van der Waals surface area contributed by atoms with E-state index in [0.717, 1.165) is 5.75 Å². The van der Waals surface area contributed by atoms with Crippen molar-refractivity contribution in [1.82, 2.24) is 9.97 Å². The lowest BCUT2D eigenvalue weighted by Crippen LogP contribution is -2.13. The Morgan fingerprint density at radius 1 is 1.33 bits per heavy atom. The molecule has 0 aliphatic carbocycles. The number of nitrogens with zero attached hydrogens (tertiary/aromatic N) is 2. The number of aryl methyl sites for hydroxylation is 1. The van der Waals surface area contributed by atoms with Gasteiger partial charge in [-0.05, 0) is 30.7 Å². The number of nitrogen functional groups attached to an aromatic ring is 1. The summed E-state index contributed by atoms with van der Waals surface area (Å²) < 4.78 is 5.60. The molecule has 2 aromatic rings. The molecule has 0 bridgehead atoms. The maximum Gasteiger partial charge on any atom is 0.221 e. The van der Waals surface area contributed by atoms with Gasteiger partial charge in [0.2, 0.25) is 5.95 Å². The highest BCUT2D eigenvalue weighted by atomic mass is 16.5. The van der Waals surface area contributed by atoms with E-state index in [1.807, 2.05) is 31.2 Å². The summed E-state index contributed by atoms with van der Waals surface area (Å²) in [4.78, 5) is 7.85. The lowest BCUT2D eigenvalue weighted by atomic mass is 10.2. The molecule has 1 aromatic heterocycles.